The van der Waals surface area contributed by atoms with Gasteiger partial charge in [-0.05, 0) is 19.9 Å². The van der Waals surface area contributed by atoms with E-state index in [4.69, 9.17) is 4.74 Å². The highest BCUT2D eigenvalue weighted by molar-refractivity contribution is 5.95. The van der Waals surface area contributed by atoms with Crippen molar-refractivity contribution in [3.05, 3.63) is 45.6 Å². The highest BCUT2D eigenvalue weighted by Gasteiger charge is 2.22. The standard InChI is InChI=1S/C14H16N4O4/c1-4-22-14(19)10-8-15-17(3)13(10)16-11-7-5-6-9(2)12(11)18(20)21/h5-8,16H,4H2,1-3H3. The predicted molar refractivity (Wildman–Crippen MR) is 80.3 cm³/mol. The van der Waals surface area contributed by atoms with Crippen LogP contribution in [0.3, 0.4) is 0 Å². The Balaban J connectivity index is 2.44. The van der Waals surface area contributed by atoms with Crippen molar-refractivity contribution in [3.8, 4) is 0 Å². The number of carbonyl (C=O) groups is 1. The second-order valence-corrected chi connectivity index (χ2v) is 4.60. The van der Waals surface area contributed by atoms with Gasteiger partial charge in [0, 0.05) is 12.6 Å². The van der Waals surface area contributed by atoms with Crippen LogP contribution in [0.4, 0.5) is 17.2 Å². The van der Waals surface area contributed by atoms with Crippen LogP contribution in [0.2, 0.25) is 0 Å². The lowest BCUT2D eigenvalue weighted by molar-refractivity contribution is -0.384. The summed E-state index contributed by atoms with van der Waals surface area (Å²) < 4.78 is 6.38. The summed E-state index contributed by atoms with van der Waals surface area (Å²) in [5, 5.41) is 18.1. The Hall–Kier alpha value is -2.90. The van der Waals surface area contributed by atoms with Crippen LogP contribution in [0.25, 0.3) is 0 Å². The summed E-state index contributed by atoms with van der Waals surface area (Å²) in [7, 11) is 1.63. The fourth-order valence-electron chi connectivity index (χ4n) is 2.07. The van der Waals surface area contributed by atoms with Crippen molar-refractivity contribution in [1.82, 2.24) is 9.78 Å². The SMILES string of the molecule is CCOC(=O)c1cnn(C)c1Nc1cccc(C)c1[N+](=O)[O-]. The van der Waals surface area contributed by atoms with E-state index in [-0.39, 0.29) is 17.9 Å². The summed E-state index contributed by atoms with van der Waals surface area (Å²) in [6.45, 7) is 3.59. The topological polar surface area (TPSA) is 99.3 Å². The molecule has 2 rings (SSSR count). The molecule has 1 N–H and O–H groups in total. The number of nitro benzene ring substituents is 1. The number of esters is 1. The summed E-state index contributed by atoms with van der Waals surface area (Å²) in [5.41, 5.74) is 0.993. The summed E-state index contributed by atoms with van der Waals surface area (Å²) in [5.74, 6) is -0.194. The van der Waals surface area contributed by atoms with Crippen molar-refractivity contribution in [2.24, 2.45) is 7.05 Å². The third-order valence-electron chi connectivity index (χ3n) is 3.11. The highest BCUT2D eigenvalue weighted by atomic mass is 16.6. The highest BCUT2D eigenvalue weighted by Crippen LogP contribution is 2.31. The number of nitrogens with zero attached hydrogens (tertiary/aromatic N) is 3. The molecule has 0 unspecified atom stereocenters. The number of aromatic nitrogens is 2. The van der Waals surface area contributed by atoms with Gasteiger partial charge < -0.3 is 10.1 Å². The van der Waals surface area contributed by atoms with Gasteiger partial charge in [-0.2, -0.15) is 5.10 Å². The maximum Gasteiger partial charge on any atom is 0.343 e. The Morgan fingerprint density at radius 1 is 1.50 bits per heavy atom. The number of hydrogen-bond acceptors (Lipinski definition) is 6. The molecule has 0 aliphatic heterocycles. The minimum absolute atomic E-state index is 0.0430. The van der Waals surface area contributed by atoms with Gasteiger partial charge in [-0.15, -0.1) is 0 Å². The molecule has 0 saturated carbocycles. The summed E-state index contributed by atoms with van der Waals surface area (Å²) in [6.07, 6.45) is 1.36. The number of nitrogens with one attached hydrogen (secondary N) is 1. The molecule has 8 heteroatoms. The fourth-order valence-corrected chi connectivity index (χ4v) is 2.07. The zero-order chi connectivity index (χ0) is 16.3. The number of anilines is 2. The molecule has 22 heavy (non-hydrogen) atoms. The predicted octanol–water partition coefficient (Wildman–Crippen LogP) is 2.56. The van der Waals surface area contributed by atoms with E-state index in [0.29, 0.717) is 17.1 Å². The Morgan fingerprint density at radius 3 is 2.86 bits per heavy atom. The van der Waals surface area contributed by atoms with Gasteiger partial charge in [0.05, 0.1) is 17.7 Å². The number of carbonyl (C=O) groups excluding carboxylic acids is 1. The molecule has 116 valence electrons. The Labute approximate surface area is 126 Å². The van der Waals surface area contributed by atoms with Gasteiger partial charge in [0.2, 0.25) is 0 Å². The minimum Gasteiger partial charge on any atom is -0.462 e. The average molecular weight is 304 g/mol. The largest absolute Gasteiger partial charge is 0.462 e. The van der Waals surface area contributed by atoms with Gasteiger partial charge in [-0.1, -0.05) is 12.1 Å². The summed E-state index contributed by atoms with van der Waals surface area (Å²) in [4.78, 5) is 22.7. The lowest BCUT2D eigenvalue weighted by Crippen LogP contribution is -2.09. The first kappa shape index (κ1) is 15.5. The van der Waals surface area contributed by atoms with Crippen molar-refractivity contribution < 1.29 is 14.5 Å². The van der Waals surface area contributed by atoms with E-state index in [1.54, 1.807) is 39.1 Å². The van der Waals surface area contributed by atoms with E-state index < -0.39 is 10.9 Å². The first-order valence-corrected chi connectivity index (χ1v) is 6.65. The molecule has 8 nitrogen and oxygen atoms in total. The summed E-state index contributed by atoms with van der Waals surface area (Å²) >= 11 is 0. The van der Waals surface area contributed by atoms with Crippen LogP contribution in [0.5, 0.6) is 0 Å². The number of hydrogen-bond donors (Lipinski definition) is 1. The molecule has 0 bridgehead atoms. The van der Waals surface area contributed by atoms with E-state index in [9.17, 15) is 14.9 Å². The molecule has 1 aromatic heterocycles. The third-order valence-corrected chi connectivity index (χ3v) is 3.11. The number of nitro groups is 1. The smallest absolute Gasteiger partial charge is 0.343 e. The van der Waals surface area contributed by atoms with Gasteiger partial charge in [0.15, 0.2) is 0 Å². The van der Waals surface area contributed by atoms with E-state index >= 15 is 0 Å². The second kappa shape index (κ2) is 6.25. The first-order chi connectivity index (χ1) is 10.5. The minimum atomic E-state index is -0.534. The van der Waals surface area contributed by atoms with Gasteiger partial charge in [0.1, 0.15) is 17.1 Å². The van der Waals surface area contributed by atoms with Crippen molar-refractivity contribution in [2.75, 3.05) is 11.9 Å². The lowest BCUT2D eigenvalue weighted by atomic mass is 10.1. The molecular weight excluding hydrogens is 288 g/mol. The number of para-hydroxylation sites is 1. The Bertz CT molecular complexity index is 724. The number of ether oxygens (including phenoxy) is 1. The molecule has 0 amide bonds. The number of rotatable bonds is 5. The molecule has 0 radical (unpaired) electrons. The maximum atomic E-state index is 11.9. The van der Waals surface area contributed by atoms with Crippen molar-refractivity contribution in [3.63, 3.8) is 0 Å². The zero-order valence-electron chi connectivity index (χ0n) is 12.5. The Morgan fingerprint density at radius 2 is 2.23 bits per heavy atom. The van der Waals surface area contributed by atoms with E-state index in [2.05, 4.69) is 10.4 Å². The van der Waals surface area contributed by atoms with E-state index in [1.165, 1.54) is 10.9 Å². The maximum absolute atomic E-state index is 11.9. The number of aryl methyl sites for hydroxylation is 2. The lowest BCUT2D eigenvalue weighted by Gasteiger charge is -2.10. The van der Waals surface area contributed by atoms with Crippen LogP contribution in [-0.4, -0.2) is 27.3 Å². The molecule has 2 aromatic rings. The number of benzene rings is 1. The fraction of sp³-hybridized carbons (Fsp3) is 0.286. The van der Waals surface area contributed by atoms with Crippen molar-refractivity contribution in [2.45, 2.75) is 13.8 Å². The molecule has 0 saturated heterocycles. The second-order valence-electron chi connectivity index (χ2n) is 4.60. The Kier molecular flexibility index (Phi) is 4.40. The molecule has 1 heterocycles. The van der Waals surface area contributed by atoms with Gasteiger partial charge in [0.25, 0.3) is 5.69 Å². The van der Waals surface area contributed by atoms with Gasteiger partial charge >= 0.3 is 5.97 Å². The van der Waals surface area contributed by atoms with Crippen molar-refractivity contribution >= 4 is 23.2 Å². The van der Waals surface area contributed by atoms with Crippen LogP contribution in [0.15, 0.2) is 24.4 Å². The molecule has 0 spiro atoms. The van der Waals surface area contributed by atoms with E-state index in [0.717, 1.165) is 0 Å². The average Bonchev–Trinajstić information content (AvgIpc) is 2.80. The van der Waals surface area contributed by atoms with Crippen molar-refractivity contribution in [1.29, 1.82) is 0 Å². The van der Waals surface area contributed by atoms with Crippen LogP contribution >= 0.6 is 0 Å². The normalized spacial score (nSPS) is 10.3. The third kappa shape index (κ3) is 2.90. The van der Waals surface area contributed by atoms with Crippen LogP contribution in [0.1, 0.15) is 22.8 Å². The van der Waals surface area contributed by atoms with Gasteiger partial charge in [-0.3, -0.25) is 14.8 Å². The molecule has 0 atom stereocenters. The van der Waals surface area contributed by atoms with Crippen LogP contribution < -0.4 is 5.32 Å². The summed E-state index contributed by atoms with van der Waals surface area (Å²) in [6, 6.07) is 4.93. The van der Waals surface area contributed by atoms with Gasteiger partial charge in [-0.25, -0.2) is 4.79 Å². The first-order valence-electron chi connectivity index (χ1n) is 6.65. The monoisotopic (exact) mass is 304 g/mol. The van der Waals surface area contributed by atoms with Crippen LogP contribution in [0, 0.1) is 17.0 Å². The quantitative estimate of drug-likeness (QED) is 0.517. The molecule has 1 aromatic carbocycles. The van der Waals surface area contributed by atoms with E-state index in [1.807, 2.05) is 0 Å². The zero-order valence-corrected chi connectivity index (χ0v) is 12.5. The van der Waals surface area contributed by atoms with Crippen LogP contribution in [-0.2, 0) is 11.8 Å². The molecule has 0 aliphatic carbocycles. The molecule has 0 fully saturated rings. The molecular formula is C14H16N4O4. The molecule has 0 aliphatic rings.